The summed E-state index contributed by atoms with van der Waals surface area (Å²) in [5.74, 6) is 1.78. The number of carbonyl (C=O) groups excluding carboxylic acids is 1. The van der Waals surface area contributed by atoms with E-state index in [-0.39, 0.29) is 5.91 Å². The van der Waals surface area contributed by atoms with E-state index in [9.17, 15) is 4.79 Å². The minimum Gasteiger partial charge on any atom is -0.493 e. The number of rotatable bonds is 6. The third-order valence-electron chi connectivity index (χ3n) is 6.55. The average molecular weight is 413 g/mol. The van der Waals surface area contributed by atoms with Gasteiger partial charge in [0, 0.05) is 25.2 Å². The Morgan fingerprint density at radius 1 is 1.10 bits per heavy atom. The third-order valence-corrected chi connectivity index (χ3v) is 6.55. The molecule has 0 radical (unpaired) electrons. The Hall–Kier alpha value is -2.54. The summed E-state index contributed by atoms with van der Waals surface area (Å²) in [4.78, 5) is 15.5. The minimum absolute atomic E-state index is 0.0651. The smallest absolute Gasteiger partial charge is 0.269 e. The number of carbonyl (C=O) groups is 1. The summed E-state index contributed by atoms with van der Waals surface area (Å²) in [5.41, 5.74) is 2.18. The Labute approximate surface area is 178 Å². The van der Waals surface area contributed by atoms with Crippen molar-refractivity contribution in [1.82, 2.24) is 20.0 Å². The summed E-state index contributed by atoms with van der Waals surface area (Å²) in [7, 11) is 5.03. The number of fused-ring (bicyclic) bond motifs is 1. The van der Waals surface area contributed by atoms with E-state index in [1.807, 2.05) is 31.3 Å². The molecule has 1 N–H and O–H groups in total. The monoisotopic (exact) mass is 412 g/mol. The lowest BCUT2D eigenvalue weighted by Gasteiger charge is -2.44. The Morgan fingerprint density at radius 3 is 2.70 bits per heavy atom. The molecule has 2 aromatic rings. The van der Waals surface area contributed by atoms with E-state index in [1.165, 1.54) is 45.2 Å². The number of piperidine rings is 2. The number of amides is 1. The van der Waals surface area contributed by atoms with Gasteiger partial charge in [-0.3, -0.25) is 9.48 Å². The van der Waals surface area contributed by atoms with Gasteiger partial charge in [0.05, 0.1) is 19.9 Å². The van der Waals surface area contributed by atoms with Gasteiger partial charge in [-0.1, -0.05) is 6.42 Å². The van der Waals surface area contributed by atoms with Gasteiger partial charge < -0.3 is 19.7 Å². The number of nitrogens with one attached hydrogen (secondary N) is 1. The first-order valence-electron chi connectivity index (χ1n) is 10.9. The van der Waals surface area contributed by atoms with Gasteiger partial charge in [0.25, 0.3) is 5.91 Å². The second kappa shape index (κ2) is 9.08. The highest BCUT2D eigenvalue weighted by Crippen LogP contribution is 2.32. The van der Waals surface area contributed by atoms with Crippen LogP contribution >= 0.6 is 0 Å². The largest absolute Gasteiger partial charge is 0.493 e. The van der Waals surface area contributed by atoms with Gasteiger partial charge in [-0.15, -0.1) is 0 Å². The number of aryl methyl sites for hydroxylation is 1. The Morgan fingerprint density at radius 2 is 1.90 bits per heavy atom. The summed E-state index contributed by atoms with van der Waals surface area (Å²) in [6.45, 7) is 3.16. The zero-order valence-corrected chi connectivity index (χ0v) is 18.2. The first kappa shape index (κ1) is 20.7. The maximum atomic E-state index is 12.9. The predicted octanol–water partition coefficient (Wildman–Crippen LogP) is 3.10. The van der Waals surface area contributed by atoms with Crippen LogP contribution in [-0.4, -0.2) is 60.5 Å². The number of aromatic nitrogens is 2. The van der Waals surface area contributed by atoms with Crippen molar-refractivity contribution in [2.75, 3.05) is 33.9 Å². The van der Waals surface area contributed by atoms with Crippen LogP contribution in [0.25, 0.3) is 11.3 Å². The molecule has 3 heterocycles. The standard InChI is InChI=1S/C23H32N4O3/c1-26-20(14-18(25-26)16-9-10-21(29-2)22(13-16)30-3)23(28)24-15-17-7-6-12-27-11-5-4-8-19(17)27/h9-10,13-14,17,19H,4-8,11-12,15H2,1-3H3,(H,24,28)/t17-,19-/m1/s1. The predicted molar refractivity (Wildman–Crippen MR) is 116 cm³/mol. The van der Waals surface area contributed by atoms with Crippen LogP contribution in [0.3, 0.4) is 0 Å². The molecule has 1 amide bonds. The van der Waals surface area contributed by atoms with Crippen molar-refractivity contribution in [3.05, 3.63) is 30.0 Å². The van der Waals surface area contributed by atoms with E-state index in [0.29, 0.717) is 29.2 Å². The molecule has 2 saturated heterocycles. The summed E-state index contributed by atoms with van der Waals surface area (Å²) < 4.78 is 12.3. The first-order chi connectivity index (χ1) is 14.6. The Bertz CT molecular complexity index is 893. The first-order valence-corrected chi connectivity index (χ1v) is 10.9. The summed E-state index contributed by atoms with van der Waals surface area (Å²) in [6.07, 6.45) is 6.30. The normalized spacial score (nSPS) is 21.7. The highest BCUT2D eigenvalue weighted by atomic mass is 16.5. The Kier molecular flexibility index (Phi) is 6.27. The fraction of sp³-hybridized carbons (Fsp3) is 0.565. The van der Waals surface area contributed by atoms with Crippen molar-refractivity contribution in [3.8, 4) is 22.8 Å². The zero-order valence-electron chi connectivity index (χ0n) is 18.2. The second-order valence-corrected chi connectivity index (χ2v) is 8.32. The lowest BCUT2D eigenvalue weighted by atomic mass is 9.83. The van der Waals surface area contributed by atoms with Crippen molar-refractivity contribution >= 4 is 5.91 Å². The van der Waals surface area contributed by atoms with E-state index in [0.717, 1.165) is 17.8 Å². The molecule has 0 aliphatic carbocycles. The molecule has 0 bridgehead atoms. The molecule has 1 aromatic heterocycles. The molecule has 0 unspecified atom stereocenters. The molecule has 4 rings (SSSR count). The van der Waals surface area contributed by atoms with E-state index in [1.54, 1.807) is 18.9 Å². The molecule has 162 valence electrons. The molecule has 0 saturated carbocycles. The van der Waals surface area contributed by atoms with Crippen molar-refractivity contribution in [1.29, 1.82) is 0 Å². The van der Waals surface area contributed by atoms with Gasteiger partial charge in [0.2, 0.25) is 0 Å². The number of nitrogens with zero attached hydrogens (tertiary/aromatic N) is 3. The molecule has 30 heavy (non-hydrogen) atoms. The van der Waals surface area contributed by atoms with Crippen molar-refractivity contribution in [2.45, 2.75) is 38.1 Å². The van der Waals surface area contributed by atoms with Crippen molar-refractivity contribution < 1.29 is 14.3 Å². The molecule has 2 aliphatic heterocycles. The topological polar surface area (TPSA) is 68.6 Å². The molecule has 0 spiro atoms. The van der Waals surface area contributed by atoms with Crippen LogP contribution in [-0.2, 0) is 7.05 Å². The fourth-order valence-electron chi connectivity index (χ4n) is 4.95. The third kappa shape index (κ3) is 4.17. The molecule has 1 aromatic carbocycles. The number of hydrogen-bond acceptors (Lipinski definition) is 5. The average Bonchev–Trinajstić information content (AvgIpc) is 3.18. The Balaban J connectivity index is 1.44. The fourth-order valence-corrected chi connectivity index (χ4v) is 4.95. The maximum absolute atomic E-state index is 12.9. The van der Waals surface area contributed by atoms with E-state index < -0.39 is 0 Å². The van der Waals surface area contributed by atoms with Gasteiger partial charge in [0.15, 0.2) is 11.5 Å². The highest BCUT2D eigenvalue weighted by molar-refractivity contribution is 5.93. The van der Waals surface area contributed by atoms with Crippen LogP contribution in [0.5, 0.6) is 11.5 Å². The van der Waals surface area contributed by atoms with E-state index in [4.69, 9.17) is 9.47 Å². The van der Waals surface area contributed by atoms with Gasteiger partial charge in [-0.05, 0) is 69.0 Å². The van der Waals surface area contributed by atoms with Crippen molar-refractivity contribution in [2.24, 2.45) is 13.0 Å². The molecule has 7 heteroatoms. The molecule has 2 aliphatic rings. The maximum Gasteiger partial charge on any atom is 0.269 e. The van der Waals surface area contributed by atoms with Crippen LogP contribution in [0.2, 0.25) is 0 Å². The van der Waals surface area contributed by atoms with Gasteiger partial charge in [-0.25, -0.2) is 0 Å². The number of methoxy groups -OCH3 is 2. The molecule has 2 fully saturated rings. The van der Waals surface area contributed by atoms with Gasteiger partial charge >= 0.3 is 0 Å². The highest BCUT2D eigenvalue weighted by Gasteiger charge is 2.33. The van der Waals surface area contributed by atoms with Gasteiger partial charge in [-0.2, -0.15) is 5.10 Å². The van der Waals surface area contributed by atoms with Crippen LogP contribution in [0.15, 0.2) is 24.3 Å². The summed E-state index contributed by atoms with van der Waals surface area (Å²) >= 11 is 0. The summed E-state index contributed by atoms with van der Waals surface area (Å²) in [6, 6.07) is 8.11. The van der Waals surface area contributed by atoms with Crippen molar-refractivity contribution in [3.63, 3.8) is 0 Å². The SMILES string of the molecule is COc1ccc(-c2cc(C(=O)NC[C@H]3CCCN4CCCC[C@H]34)n(C)n2)cc1OC. The quantitative estimate of drug-likeness (QED) is 0.790. The minimum atomic E-state index is -0.0651. The molecular formula is C23H32N4O3. The molecule has 7 nitrogen and oxygen atoms in total. The number of ether oxygens (including phenoxy) is 2. The van der Waals surface area contributed by atoms with Crippen LogP contribution in [0.4, 0.5) is 0 Å². The number of hydrogen-bond donors (Lipinski definition) is 1. The zero-order chi connectivity index (χ0) is 21.1. The second-order valence-electron chi connectivity index (χ2n) is 8.32. The summed E-state index contributed by atoms with van der Waals surface area (Å²) in [5, 5.41) is 7.72. The molecular weight excluding hydrogens is 380 g/mol. The van der Waals surface area contributed by atoms with Crippen LogP contribution < -0.4 is 14.8 Å². The van der Waals surface area contributed by atoms with Crippen LogP contribution in [0.1, 0.15) is 42.6 Å². The van der Waals surface area contributed by atoms with Crippen LogP contribution in [0, 0.1) is 5.92 Å². The lowest BCUT2D eigenvalue weighted by Crippen LogP contribution is -2.51. The van der Waals surface area contributed by atoms with E-state index in [2.05, 4.69) is 15.3 Å². The van der Waals surface area contributed by atoms with E-state index >= 15 is 0 Å². The number of benzene rings is 1. The molecule has 2 atom stereocenters. The van der Waals surface area contributed by atoms with Gasteiger partial charge in [0.1, 0.15) is 5.69 Å². The lowest BCUT2D eigenvalue weighted by molar-refractivity contribution is 0.0574.